The van der Waals surface area contributed by atoms with Gasteiger partial charge < -0.3 is 24.8 Å². The van der Waals surface area contributed by atoms with E-state index in [1.807, 2.05) is 25.1 Å². The normalized spacial score (nSPS) is 20.1. The van der Waals surface area contributed by atoms with Crippen LogP contribution in [0.1, 0.15) is 42.6 Å². The fourth-order valence-corrected chi connectivity index (χ4v) is 5.87. The number of hydrogen-bond acceptors (Lipinski definition) is 6. The second-order valence-electron chi connectivity index (χ2n) is 11.9. The summed E-state index contributed by atoms with van der Waals surface area (Å²) in [6, 6.07) is 23.9. The van der Waals surface area contributed by atoms with E-state index >= 15 is 0 Å². The molecule has 3 atom stereocenters. The minimum absolute atomic E-state index is 0.0340. The lowest BCUT2D eigenvalue weighted by Gasteiger charge is -2.38. The van der Waals surface area contributed by atoms with Crippen molar-refractivity contribution in [1.82, 2.24) is 9.80 Å². The number of carbonyl (C=O) groups is 2. The number of carbonyl (C=O) groups excluding carboxylic acids is 2. The molecule has 5 rings (SSSR count). The lowest BCUT2D eigenvalue weighted by molar-refractivity contribution is -0.122. The Balaban J connectivity index is 1.37. The Morgan fingerprint density at radius 3 is 2.42 bits per heavy atom. The fourth-order valence-electron chi connectivity index (χ4n) is 5.87. The van der Waals surface area contributed by atoms with E-state index in [2.05, 4.69) is 60.6 Å². The second-order valence-corrected chi connectivity index (χ2v) is 11.9. The van der Waals surface area contributed by atoms with Crippen LogP contribution in [0.4, 0.5) is 5.69 Å². The Morgan fingerprint density at radius 2 is 1.72 bits per heavy atom. The van der Waals surface area contributed by atoms with Gasteiger partial charge in [-0.3, -0.25) is 14.5 Å². The van der Waals surface area contributed by atoms with Crippen LogP contribution in [-0.4, -0.2) is 78.8 Å². The SMILES string of the molecule is C[C@H]1CN([C@@H](C)CO)C(=O)c2cccc(NC(=O)C3CCOCC3)c2O[C@@H]1CN(C)Cc1ccc(-c2ccccc2)cc1. The van der Waals surface area contributed by atoms with Crippen molar-refractivity contribution in [1.29, 1.82) is 0 Å². The number of aliphatic hydroxyl groups is 1. The number of hydrogen-bond donors (Lipinski definition) is 2. The van der Waals surface area contributed by atoms with Crippen LogP contribution < -0.4 is 10.1 Å². The predicted octanol–water partition coefficient (Wildman–Crippen LogP) is 5.07. The van der Waals surface area contributed by atoms with Gasteiger partial charge in [0, 0.05) is 44.7 Å². The van der Waals surface area contributed by atoms with E-state index in [9.17, 15) is 14.7 Å². The molecular formula is C35H43N3O5. The van der Waals surface area contributed by atoms with Crippen molar-refractivity contribution in [2.75, 3.05) is 45.3 Å². The lowest BCUT2D eigenvalue weighted by atomic mass is 9.98. The molecule has 0 radical (unpaired) electrons. The highest BCUT2D eigenvalue weighted by Crippen LogP contribution is 2.35. The third-order valence-corrected chi connectivity index (χ3v) is 8.55. The summed E-state index contributed by atoms with van der Waals surface area (Å²) in [5.74, 6) is -0.0886. The predicted molar refractivity (Wildman–Crippen MR) is 168 cm³/mol. The van der Waals surface area contributed by atoms with E-state index in [-0.39, 0.29) is 42.4 Å². The highest BCUT2D eigenvalue weighted by atomic mass is 16.5. The summed E-state index contributed by atoms with van der Waals surface area (Å²) in [6.07, 6.45) is 1.06. The molecular weight excluding hydrogens is 542 g/mol. The van der Waals surface area contributed by atoms with E-state index in [1.165, 1.54) is 16.7 Å². The van der Waals surface area contributed by atoms with Crippen molar-refractivity contribution in [2.45, 2.75) is 45.4 Å². The van der Waals surface area contributed by atoms with Gasteiger partial charge in [0.2, 0.25) is 5.91 Å². The van der Waals surface area contributed by atoms with Crippen LogP contribution in [0.15, 0.2) is 72.8 Å². The number of para-hydroxylation sites is 1. The molecule has 2 N–H and O–H groups in total. The second kappa shape index (κ2) is 14.2. The maximum atomic E-state index is 13.8. The zero-order valence-corrected chi connectivity index (χ0v) is 25.4. The first-order chi connectivity index (χ1) is 20.8. The number of rotatable bonds is 9. The number of ether oxygens (including phenoxy) is 2. The Labute approximate surface area is 254 Å². The smallest absolute Gasteiger partial charge is 0.258 e. The van der Waals surface area contributed by atoms with Crippen molar-refractivity contribution in [2.24, 2.45) is 11.8 Å². The number of anilines is 1. The van der Waals surface area contributed by atoms with Crippen LogP contribution in [-0.2, 0) is 16.1 Å². The van der Waals surface area contributed by atoms with Crippen LogP contribution in [0, 0.1) is 11.8 Å². The van der Waals surface area contributed by atoms with Crippen molar-refractivity contribution in [3.63, 3.8) is 0 Å². The molecule has 2 aliphatic rings. The number of nitrogens with zero attached hydrogens (tertiary/aromatic N) is 2. The first-order valence-electron chi connectivity index (χ1n) is 15.3. The Hall–Kier alpha value is -3.72. The molecule has 2 amide bonds. The molecule has 8 nitrogen and oxygen atoms in total. The van der Waals surface area contributed by atoms with Gasteiger partial charge in [0.25, 0.3) is 5.91 Å². The van der Waals surface area contributed by atoms with E-state index in [4.69, 9.17) is 9.47 Å². The highest BCUT2D eigenvalue weighted by Gasteiger charge is 2.35. The lowest BCUT2D eigenvalue weighted by Crippen LogP contribution is -2.49. The van der Waals surface area contributed by atoms with Crippen LogP contribution in [0.2, 0.25) is 0 Å². The number of benzene rings is 3. The van der Waals surface area contributed by atoms with Crippen molar-refractivity contribution >= 4 is 17.5 Å². The summed E-state index contributed by atoms with van der Waals surface area (Å²) >= 11 is 0. The maximum absolute atomic E-state index is 13.8. The Morgan fingerprint density at radius 1 is 1.02 bits per heavy atom. The number of nitrogens with one attached hydrogen (secondary N) is 1. The molecule has 0 aliphatic carbocycles. The third kappa shape index (κ3) is 7.44. The van der Waals surface area contributed by atoms with E-state index in [0.717, 1.165) is 6.54 Å². The first kappa shape index (κ1) is 30.7. The van der Waals surface area contributed by atoms with Crippen LogP contribution in [0.25, 0.3) is 11.1 Å². The van der Waals surface area contributed by atoms with Gasteiger partial charge in [-0.2, -0.15) is 0 Å². The van der Waals surface area contributed by atoms with Gasteiger partial charge in [-0.15, -0.1) is 0 Å². The Kier molecular flexibility index (Phi) is 10.1. The average molecular weight is 586 g/mol. The summed E-state index contributed by atoms with van der Waals surface area (Å²) < 4.78 is 12.1. The van der Waals surface area contributed by atoms with Gasteiger partial charge in [-0.25, -0.2) is 0 Å². The summed E-state index contributed by atoms with van der Waals surface area (Å²) in [6.45, 7) is 6.70. The van der Waals surface area contributed by atoms with Crippen molar-refractivity contribution in [3.05, 3.63) is 83.9 Å². The molecule has 0 bridgehead atoms. The number of aliphatic hydroxyl groups excluding tert-OH is 1. The molecule has 228 valence electrons. The number of amides is 2. The molecule has 3 aromatic carbocycles. The number of fused-ring (bicyclic) bond motifs is 1. The molecule has 0 saturated carbocycles. The topological polar surface area (TPSA) is 91.3 Å². The molecule has 43 heavy (non-hydrogen) atoms. The number of likely N-dealkylation sites (N-methyl/N-ethyl adjacent to an activating group) is 1. The molecule has 0 aromatic heterocycles. The molecule has 0 unspecified atom stereocenters. The van der Waals surface area contributed by atoms with Gasteiger partial charge in [-0.05, 0) is 55.6 Å². The standard InChI is InChI=1S/C35H43N3O5/c1-24-20-38(25(2)23-39)35(41)30-10-7-11-31(36-34(40)29-16-18-42-19-17-29)33(30)43-32(24)22-37(3)21-26-12-14-28(15-13-26)27-8-5-4-6-9-27/h4-15,24-25,29,32,39H,16-23H2,1-3H3,(H,36,40)/t24-,25-,32+/m0/s1. The zero-order valence-electron chi connectivity index (χ0n) is 25.4. The van der Waals surface area contributed by atoms with Crippen molar-refractivity contribution < 1.29 is 24.2 Å². The third-order valence-electron chi connectivity index (χ3n) is 8.55. The molecule has 1 fully saturated rings. The minimum atomic E-state index is -0.358. The van der Waals surface area contributed by atoms with Crippen molar-refractivity contribution in [3.8, 4) is 16.9 Å². The van der Waals surface area contributed by atoms with E-state index < -0.39 is 0 Å². The molecule has 3 aromatic rings. The first-order valence-corrected chi connectivity index (χ1v) is 15.3. The van der Waals surface area contributed by atoms with E-state index in [1.54, 1.807) is 23.1 Å². The highest BCUT2D eigenvalue weighted by molar-refractivity contribution is 6.02. The Bertz CT molecular complexity index is 1370. The molecule has 0 spiro atoms. The largest absolute Gasteiger partial charge is 0.486 e. The van der Waals surface area contributed by atoms with Gasteiger partial charge >= 0.3 is 0 Å². The van der Waals surface area contributed by atoms with Crippen LogP contribution in [0.3, 0.4) is 0 Å². The zero-order chi connectivity index (χ0) is 30.3. The molecule has 2 heterocycles. The van der Waals surface area contributed by atoms with Crippen LogP contribution >= 0.6 is 0 Å². The maximum Gasteiger partial charge on any atom is 0.258 e. The molecule has 2 aliphatic heterocycles. The summed E-state index contributed by atoms with van der Waals surface area (Å²) in [5.41, 5.74) is 4.45. The fraction of sp³-hybridized carbons (Fsp3) is 0.429. The average Bonchev–Trinajstić information content (AvgIpc) is 3.03. The van der Waals surface area contributed by atoms with E-state index in [0.29, 0.717) is 56.1 Å². The monoisotopic (exact) mass is 585 g/mol. The van der Waals surface area contributed by atoms with Gasteiger partial charge in [-0.1, -0.05) is 67.6 Å². The van der Waals surface area contributed by atoms with Gasteiger partial charge in [0.05, 0.1) is 23.9 Å². The summed E-state index contributed by atoms with van der Waals surface area (Å²) in [7, 11) is 2.07. The van der Waals surface area contributed by atoms with Gasteiger partial charge in [0.15, 0.2) is 5.75 Å². The molecule has 1 saturated heterocycles. The molecule has 8 heteroatoms. The summed E-state index contributed by atoms with van der Waals surface area (Å²) in [4.78, 5) is 30.9. The quantitative estimate of drug-likeness (QED) is 0.365. The summed E-state index contributed by atoms with van der Waals surface area (Å²) in [5, 5.41) is 13.0. The minimum Gasteiger partial charge on any atom is -0.486 e. The van der Waals surface area contributed by atoms with Gasteiger partial charge in [0.1, 0.15) is 6.10 Å². The van der Waals surface area contributed by atoms with Crippen LogP contribution in [0.5, 0.6) is 5.75 Å².